The fourth-order valence-electron chi connectivity index (χ4n) is 5.61. The molecule has 198 valence electrons. The molecule has 0 bridgehead atoms. The smallest absolute Gasteiger partial charge is 0.166 e. The molecule has 2 unspecified atom stereocenters. The molecule has 2 atom stereocenters. The van der Waals surface area contributed by atoms with E-state index in [-0.39, 0.29) is 12.0 Å². The normalized spacial score (nSPS) is 23.9. The minimum atomic E-state index is -1.16. The van der Waals surface area contributed by atoms with Crippen LogP contribution >= 0.6 is 0 Å². The van der Waals surface area contributed by atoms with Gasteiger partial charge >= 0.3 is 0 Å². The first kappa shape index (κ1) is 26.8. The summed E-state index contributed by atoms with van der Waals surface area (Å²) in [5, 5.41) is 0. The van der Waals surface area contributed by atoms with E-state index in [1.54, 1.807) is 32.2 Å². The van der Waals surface area contributed by atoms with Gasteiger partial charge in [0.05, 0.1) is 18.5 Å². The minimum Gasteiger partial charge on any atom is -0.369 e. The van der Waals surface area contributed by atoms with Gasteiger partial charge in [0.1, 0.15) is 11.5 Å². The Morgan fingerprint density at radius 2 is 1.94 bits per heavy atom. The van der Waals surface area contributed by atoms with Crippen LogP contribution < -0.4 is 0 Å². The van der Waals surface area contributed by atoms with Crippen LogP contribution in [0.4, 0.5) is 8.78 Å². The lowest BCUT2D eigenvalue weighted by atomic mass is 9.97. The second-order valence-corrected chi connectivity index (χ2v) is 11.2. The Morgan fingerprint density at radius 1 is 1.19 bits per heavy atom. The number of ether oxygens (including phenoxy) is 1. The topological polar surface area (TPSA) is 31.3 Å². The van der Waals surface area contributed by atoms with E-state index in [1.165, 1.54) is 6.42 Å². The molecule has 0 saturated carbocycles. The van der Waals surface area contributed by atoms with Crippen molar-refractivity contribution < 1.29 is 13.5 Å². The van der Waals surface area contributed by atoms with Crippen molar-refractivity contribution in [3.05, 3.63) is 47.9 Å². The summed E-state index contributed by atoms with van der Waals surface area (Å²) in [6.45, 7) is 13.6. The average molecular weight is 501 g/mol. The molecule has 0 N–H and O–H groups in total. The first-order chi connectivity index (χ1) is 17.1. The van der Waals surface area contributed by atoms with Gasteiger partial charge in [0.25, 0.3) is 0 Å². The molecule has 1 aromatic rings. The number of piperidine rings is 1. The maximum absolute atomic E-state index is 15.2. The van der Waals surface area contributed by atoms with Gasteiger partial charge in [-0.05, 0) is 77.1 Å². The number of hydrogen-bond donors (Lipinski definition) is 0. The van der Waals surface area contributed by atoms with Crippen LogP contribution in [0.5, 0.6) is 0 Å². The van der Waals surface area contributed by atoms with Crippen LogP contribution in [0.2, 0.25) is 0 Å². The minimum absolute atomic E-state index is 0.278. The summed E-state index contributed by atoms with van der Waals surface area (Å²) in [6.07, 6.45) is 8.73. The Kier molecular flexibility index (Phi) is 8.51. The molecule has 0 aromatic heterocycles. The van der Waals surface area contributed by atoms with Gasteiger partial charge < -0.3 is 19.4 Å². The van der Waals surface area contributed by atoms with Crippen LogP contribution in [0.3, 0.4) is 0 Å². The number of hydrogen-bond acceptors (Lipinski definition) is 5. The lowest BCUT2D eigenvalue weighted by Gasteiger charge is -2.35. The number of rotatable bonds is 9. The molecule has 3 aliphatic heterocycles. The van der Waals surface area contributed by atoms with Crippen molar-refractivity contribution in [2.45, 2.75) is 70.8 Å². The van der Waals surface area contributed by atoms with Gasteiger partial charge in [0, 0.05) is 49.2 Å². The number of alkyl halides is 1. The number of halogens is 2. The van der Waals surface area contributed by atoms with E-state index in [0.717, 1.165) is 56.6 Å². The second-order valence-electron chi connectivity index (χ2n) is 11.2. The molecule has 0 aliphatic carbocycles. The van der Waals surface area contributed by atoms with E-state index in [9.17, 15) is 4.39 Å². The van der Waals surface area contributed by atoms with Crippen molar-refractivity contribution >= 4 is 17.6 Å². The van der Waals surface area contributed by atoms with Crippen molar-refractivity contribution in [2.75, 3.05) is 39.8 Å². The van der Waals surface area contributed by atoms with Crippen LogP contribution in [-0.2, 0) is 4.74 Å². The highest BCUT2D eigenvalue weighted by atomic mass is 19.1. The van der Waals surface area contributed by atoms with Gasteiger partial charge in [-0.15, -0.1) is 0 Å². The van der Waals surface area contributed by atoms with Crippen LogP contribution in [0, 0.1) is 11.7 Å². The van der Waals surface area contributed by atoms with Crippen molar-refractivity contribution in [3.8, 4) is 0 Å². The van der Waals surface area contributed by atoms with Gasteiger partial charge in [0.2, 0.25) is 0 Å². The fourth-order valence-corrected chi connectivity index (χ4v) is 5.61. The Bertz CT molecular complexity index is 978. The van der Waals surface area contributed by atoms with E-state index >= 15 is 4.39 Å². The molecule has 2 fully saturated rings. The third-order valence-corrected chi connectivity index (χ3v) is 7.65. The van der Waals surface area contributed by atoms with Gasteiger partial charge in [-0.3, -0.25) is 4.99 Å². The number of nitrogens with zero attached hydrogens (tertiary/aromatic N) is 4. The molecule has 36 heavy (non-hydrogen) atoms. The van der Waals surface area contributed by atoms with Crippen molar-refractivity contribution in [1.29, 1.82) is 0 Å². The second kappa shape index (κ2) is 11.4. The molecular formula is C29H42F2N4O. The van der Waals surface area contributed by atoms with Crippen LogP contribution in [-0.4, -0.2) is 78.7 Å². The van der Waals surface area contributed by atoms with Crippen LogP contribution in [0.1, 0.15) is 64.0 Å². The quantitative estimate of drug-likeness (QED) is 0.430. The summed E-state index contributed by atoms with van der Waals surface area (Å²) in [7, 11) is 1.92. The molecule has 0 amide bonds. The first-order valence-corrected chi connectivity index (χ1v) is 13.4. The summed E-state index contributed by atoms with van der Waals surface area (Å²) in [4.78, 5) is 11.0. The molecular weight excluding hydrogens is 458 g/mol. The lowest BCUT2D eigenvalue weighted by molar-refractivity contribution is -0.0111. The number of aliphatic imine (C=N–C) groups is 1. The van der Waals surface area contributed by atoms with Gasteiger partial charge in [-0.2, -0.15) is 0 Å². The van der Waals surface area contributed by atoms with E-state index in [2.05, 4.69) is 28.3 Å². The molecule has 0 radical (unpaired) electrons. The maximum Gasteiger partial charge on any atom is 0.166 e. The first-order valence-electron chi connectivity index (χ1n) is 13.4. The summed E-state index contributed by atoms with van der Waals surface area (Å²) in [6, 6.07) is 5.82. The number of likely N-dealkylation sites (tertiary alicyclic amines) is 2. The van der Waals surface area contributed by atoms with Crippen molar-refractivity contribution in [1.82, 2.24) is 14.7 Å². The molecule has 0 spiro atoms. The molecule has 1 aromatic carbocycles. The van der Waals surface area contributed by atoms with Gasteiger partial charge in [-0.25, -0.2) is 8.78 Å². The standard InChI is InChI=1S/C29H42F2N4O/c1-6-24-8-7-13-35(24)21(2)23-9-10-25(26(30)16-23)27-18-33(5)28(17-32-27)36-19-22-11-14-34(15-12-22)20-29(3,4)31/h9-10,16-18,22,24,28H,2,6-8,11-15,19-20H2,1,3-5H3. The van der Waals surface area contributed by atoms with E-state index in [1.807, 2.05) is 24.2 Å². The molecule has 7 heteroatoms. The SMILES string of the molecule is C=C(c1ccc(C2=CN(C)C(OCC3CCN(CC(C)(C)F)CC3)C=N2)c(F)c1)N1CCCC1CC. The third-order valence-electron chi connectivity index (χ3n) is 7.65. The zero-order valence-electron chi connectivity index (χ0n) is 22.4. The summed E-state index contributed by atoms with van der Waals surface area (Å²) < 4.78 is 35.2. The highest BCUT2D eigenvalue weighted by Crippen LogP contribution is 2.31. The largest absolute Gasteiger partial charge is 0.369 e. The Hall–Kier alpha value is -2.25. The van der Waals surface area contributed by atoms with Gasteiger partial charge in [0.15, 0.2) is 6.23 Å². The van der Waals surface area contributed by atoms with E-state index < -0.39 is 5.67 Å². The Morgan fingerprint density at radius 3 is 2.58 bits per heavy atom. The zero-order valence-corrected chi connectivity index (χ0v) is 22.4. The summed E-state index contributed by atoms with van der Waals surface area (Å²) in [5.41, 5.74) is 1.63. The third kappa shape index (κ3) is 6.54. The van der Waals surface area contributed by atoms with Crippen LogP contribution in [0.15, 0.2) is 36.0 Å². The Labute approximate surface area is 215 Å². The highest BCUT2D eigenvalue weighted by molar-refractivity contribution is 5.79. The molecule has 3 aliphatic rings. The lowest BCUT2D eigenvalue weighted by Crippen LogP contribution is -2.42. The van der Waals surface area contributed by atoms with Gasteiger partial charge in [-0.1, -0.05) is 19.6 Å². The van der Waals surface area contributed by atoms with E-state index in [4.69, 9.17) is 4.74 Å². The summed E-state index contributed by atoms with van der Waals surface area (Å²) >= 11 is 0. The predicted molar refractivity (Wildman–Crippen MR) is 144 cm³/mol. The highest BCUT2D eigenvalue weighted by Gasteiger charge is 2.27. The van der Waals surface area contributed by atoms with E-state index in [0.29, 0.717) is 36.4 Å². The Balaban J connectivity index is 1.30. The van der Waals surface area contributed by atoms with Crippen molar-refractivity contribution in [2.24, 2.45) is 10.9 Å². The maximum atomic E-state index is 15.2. The molecule has 3 heterocycles. The molecule has 4 rings (SSSR count). The average Bonchev–Trinajstić information content (AvgIpc) is 3.32. The monoisotopic (exact) mass is 500 g/mol. The number of benzene rings is 1. The molecule has 5 nitrogen and oxygen atoms in total. The van der Waals surface area contributed by atoms with Crippen LogP contribution in [0.25, 0.3) is 11.4 Å². The zero-order chi connectivity index (χ0) is 25.9. The van der Waals surface area contributed by atoms with Crippen molar-refractivity contribution in [3.63, 3.8) is 0 Å². The molecule has 2 saturated heterocycles. The summed E-state index contributed by atoms with van der Waals surface area (Å²) in [5.74, 6) is 0.164. The fraction of sp³-hybridized carbons (Fsp3) is 0.621. The predicted octanol–water partition coefficient (Wildman–Crippen LogP) is 5.79.